The van der Waals surface area contributed by atoms with Crippen molar-refractivity contribution < 1.29 is 0 Å². The smallest absolute Gasteiger partial charge is 0.221 e. The molecule has 5 heteroatoms. The van der Waals surface area contributed by atoms with Crippen molar-refractivity contribution in [3.63, 3.8) is 0 Å². The minimum Gasteiger partial charge on any atom is -0.368 e. The van der Waals surface area contributed by atoms with Crippen LogP contribution in [0.5, 0.6) is 0 Å². The zero-order valence-electron chi connectivity index (χ0n) is 5.92. The molecule has 0 aliphatic heterocycles. The number of halogens is 1. The summed E-state index contributed by atoms with van der Waals surface area (Å²) in [6, 6.07) is 1.81. The van der Waals surface area contributed by atoms with Crippen molar-refractivity contribution in [2.45, 2.75) is 6.42 Å². The highest BCUT2D eigenvalue weighted by molar-refractivity contribution is 9.10. The average molecular weight is 217 g/mol. The second-order valence-electron chi connectivity index (χ2n) is 2.08. The maximum Gasteiger partial charge on any atom is 0.221 e. The zero-order chi connectivity index (χ0) is 8.27. The van der Waals surface area contributed by atoms with Gasteiger partial charge in [0.15, 0.2) is 0 Å². The van der Waals surface area contributed by atoms with Gasteiger partial charge in [0.05, 0.1) is 0 Å². The lowest BCUT2D eigenvalue weighted by Crippen LogP contribution is -2.06. The molecule has 1 aromatic heterocycles. The first kappa shape index (κ1) is 8.42. The van der Waals surface area contributed by atoms with Crippen LogP contribution in [0.25, 0.3) is 0 Å². The molecule has 0 unspecified atom stereocenters. The van der Waals surface area contributed by atoms with Crippen molar-refractivity contribution >= 4 is 21.9 Å². The summed E-state index contributed by atoms with van der Waals surface area (Å²) in [6.45, 7) is 0.572. The number of nitrogens with zero attached hydrogens (tertiary/aromatic N) is 2. The largest absolute Gasteiger partial charge is 0.368 e. The highest BCUT2D eigenvalue weighted by Gasteiger charge is 1.97. The Hall–Kier alpha value is -0.680. The fourth-order valence-electron chi connectivity index (χ4n) is 0.760. The predicted octanol–water partition coefficient (Wildman–Crippen LogP) is 0.322. The van der Waals surface area contributed by atoms with E-state index < -0.39 is 0 Å². The van der Waals surface area contributed by atoms with E-state index in [0.717, 1.165) is 12.1 Å². The minimum atomic E-state index is 0.280. The standard InChI is InChI=1S/C6H9BrN4/c7-5-3-4(1-2-8)10-6(9)11-5/h3H,1-2,8H2,(H2,9,10,11). The van der Waals surface area contributed by atoms with E-state index in [1.807, 2.05) is 6.07 Å². The van der Waals surface area contributed by atoms with Gasteiger partial charge in [-0.05, 0) is 28.5 Å². The summed E-state index contributed by atoms with van der Waals surface area (Å²) in [7, 11) is 0. The third-order valence-electron chi connectivity index (χ3n) is 1.17. The molecule has 0 radical (unpaired) electrons. The van der Waals surface area contributed by atoms with Crippen LogP contribution in [0.4, 0.5) is 5.95 Å². The monoisotopic (exact) mass is 216 g/mol. The van der Waals surface area contributed by atoms with E-state index in [0.29, 0.717) is 11.1 Å². The fourth-order valence-corrected chi connectivity index (χ4v) is 1.21. The van der Waals surface area contributed by atoms with Crippen molar-refractivity contribution in [1.82, 2.24) is 9.97 Å². The first-order valence-corrected chi connectivity index (χ1v) is 4.00. The van der Waals surface area contributed by atoms with E-state index >= 15 is 0 Å². The lowest BCUT2D eigenvalue weighted by atomic mass is 10.3. The summed E-state index contributed by atoms with van der Waals surface area (Å²) in [5.41, 5.74) is 11.6. The van der Waals surface area contributed by atoms with Gasteiger partial charge in [0.2, 0.25) is 5.95 Å². The van der Waals surface area contributed by atoms with Crippen LogP contribution < -0.4 is 11.5 Å². The maximum absolute atomic E-state index is 5.40. The van der Waals surface area contributed by atoms with Gasteiger partial charge in [-0.15, -0.1) is 0 Å². The number of anilines is 1. The van der Waals surface area contributed by atoms with Gasteiger partial charge in [0, 0.05) is 12.1 Å². The van der Waals surface area contributed by atoms with Crippen LogP contribution in [0.1, 0.15) is 5.69 Å². The molecule has 0 aromatic carbocycles. The molecule has 0 atom stereocenters. The average Bonchev–Trinajstić information content (AvgIpc) is 1.85. The molecule has 0 spiro atoms. The van der Waals surface area contributed by atoms with Crippen LogP contribution in [0.15, 0.2) is 10.7 Å². The molecule has 60 valence electrons. The molecule has 4 nitrogen and oxygen atoms in total. The third kappa shape index (κ3) is 2.44. The van der Waals surface area contributed by atoms with E-state index in [2.05, 4.69) is 25.9 Å². The molecule has 1 rings (SSSR count). The highest BCUT2D eigenvalue weighted by atomic mass is 79.9. The Morgan fingerprint density at radius 3 is 2.73 bits per heavy atom. The Labute approximate surface area is 73.1 Å². The molecule has 1 aromatic rings. The first-order valence-electron chi connectivity index (χ1n) is 3.21. The van der Waals surface area contributed by atoms with Gasteiger partial charge in [0.25, 0.3) is 0 Å². The van der Waals surface area contributed by atoms with Gasteiger partial charge in [-0.2, -0.15) is 0 Å². The van der Waals surface area contributed by atoms with Gasteiger partial charge in [-0.25, -0.2) is 9.97 Å². The SMILES string of the molecule is NCCc1cc(Br)nc(N)n1. The lowest BCUT2D eigenvalue weighted by molar-refractivity contribution is 0.910. The van der Waals surface area contributed by atoms with Crippen LogP contribution in [0.3, 0.4) is 0 Å². The molecule has 0 saturated heterocycles. The van der Waals surface area contributed by atoms with E-state index in [-0.39, 0.29) is 5.95 Å². The van der Waals surface area contributed by atoms with Crippen molar-refractivity contribution in [3.8, 4) is 0 Å². The number of aromatic nitrogens is 2. The van der Waals surface area contributed by atoms with Gasteiger partial charge in [-0.1, -0.05) is 0 Å². The summed E-state index contributed by atoms with van der Waals surface area (Å²) in [6.07, 6.45) is 0.728. The molecule has 1 heterocycles. The molecule has 0 amide bonds. The van der Waals surface area contributed by atoms with Crippen LogP contribution >= 0.6 is 15.9 Å². The Balaban J connectivity index is 2.89. The van der Waals surface area contributed by atoms with Crippen LogP contribution in [-0.4, -0.2) is 16.5 Å². The Morgan fingerprint density at radius 1 is 1.45 bits per heavy atom. The molecule has 0 saturated carbocycles. The second kappa shape index (κ2) is 3.64. The highest BCUT2D eigenvalue weighted by Crippen LogP contribution is 2.08. The number of rotatable bonds is 2. The summed E-state index contributed by atoms with van der Waals surface area (Å²) < 4.78 is 0.702. The van der Waals surface area contributed by atoms with Crippen LogP contribution in [0, 0.1) is 0 Å². The summed E-state index contributed by atoms with van der Waals surface area (Å²) in [5, 5.41) is 0. The van der Waals surface area contributed by atoms with Crippen molar-refractivity contribution in [2.75, 3.05) is 12.3 Å². The van der Waals surface area contributed by atoms with Crippen molar-refractivity contribution in [3.05, 3.63) is 16.4 Å². The second-order valence-corrected chi connectivity index (χ2v) is 2.89. The predicted molar refractivity (Wildman–Crippen MR) is 46.9 cm³/mol. The summed E-state index contributed by atoms with van der Waals surface area (Å²) in [5.74, 6) is 0.280. The normalized spacial score (nSPS) is 10.0. The van der Waals surface area contributed by atoms with E-state index in [1.165, 1.54) is 0 Å². The Kier molecular flexibility index (Phi) is 2.78. The van der Waals surface area contributed by atoms with Gasteiger partial charge >= 0.3 is 0 Å². The minimum absolute atomic E-state index is 0.280. The number of hydrogen-bond donors (Lipinski definition) is 2. The maximum atomic E-state index is 5.40. The van der Waals surface area contributed by atoms with Crippen LogP contribution in [0.2, 0.25) is 0 Å². The Bertz CT molecular complexity index is 230. The number of nitrogen functional groups attached to an aromatic ring is 1. The molecule has 0 bridgehead atoms. The van der Waals surface area contributed by atoms with Crippen molar-refractivity contribution in [1.29, 1.82) is 0 Å². The zero-order valence-corrected chi connectivity index (χ0v) is 7.50. The molecule has 11 heavy (non-hydrogen) atoms. The Morgan fingerprint density at radius 2 is 2.18 bits per heavy atom. The lowest BCUT2D eigenvalue weighted by Gasteiger charge is -1.99. The quantitative estimate of drug-likeness (QED) is 0.699. The number of hydrogen-bond acceptors (Lipinski definition) is 4. The number of nitrogens with two attached hydrogens (primary N) is 2. The molecule has 4 N–H and O–H groups in total. The summed E-state index contributed by atoms with van der Waals surface area (Å²) in [4.78, 5) is 7.84. The van der Waals surface area contributed by atoms with Gasteiger partial charge < -0.3 is 11.5 Å². The summed E-state index contributed by atoms with van der Waals surface area (Å²) >= 11 is 3.21. The van der Waals surface area contributed by atoms with Gasteiger partial charge in [-0.3, -0.25) is 0 Å². The fraction of sp³-hybridized carbons (Fsp3) is 0.333. The topological polar surface area (TPSA) is 77.8 Å². The molecule has 0 aliphatic rings. The van der Waals surface area contributed by atoms with E-state index in [1.54, 1.807) is 0 Å². The molecule has 0 fully saturated rings. The molecular formula is C6H9BrN4. The first-order chi connectivity index (χ1) is 5.22. The van der Waals surface area contributed by atoms with E-state index in [9.17, 15) is 0 Å². The molecular weight excluding hydrogens is 208 g/mol. The van der Waals surface area contributed by atoms with Gasteiger partial charge in [0.1, 0.15) is 4.60 Å². The molecule has 0 aliphatic carbocycles. The van der Waals surface area contributed by atoms with Crippen LogP contribution in [-0.2, 0) is 6.42 Å². The third-order valence-corrected chi connectivity index (χ3v) is 1.57. The van der Waals surface area contributed by atoms with Crippen molar-refractivity contribution in [2.24, 2.45) is 5.73 Å². The van der Waals surface area contributed by atoms with E-state index in [4.69, 9.17) is 11.5 Å².